The van der Waals surface area contributed by atoms with Crippen molar-refractivity contribution >= 4 is 22.6 Å². The molecule has 0 aromatic heterocycles. The summed E-state index contributed by atoms with van der Waals surface area (Å²) in [5.41, 5.74) is 1.19. The first-order valence-electron chi connectivity index (χ1n) is 6.96. The summed E-state index contributed by atoms with van der Waals surface area (Å²) >= 11 is 2.29. The summed E-state index contributed by atoms with van der Waals surface area (Å²) in [5, 5.41) is 3.50. The van der Waals surface area contributed by atoms with E-state index >= 15 is 0 Å². The molecule has 0 bridgehead atoms. The van der Waals surface area contributed by atoms with Crippen LogP contribution in [0.3, 0.4) is 0 Å². The SMILES string of the molecule is CCCNC(C)c1ccccc1Oc1ccc(I)cc1. The van der Waals surface area contributed by atoms with Gasteiger partial charge in [-0.05, 0) is 72.8 Å². The summed E-state index contributed by atoms with van der Waals surface area (Å²) in [4.78, 5) is 0. The fraction of sp³-hybridized carbons (Fsp3) is 0.294. The van der Waals surface area contributed by atoms with Crippen molar-refractivity contribution < 1.29 is 4.74 Å². The van der Waals surface area contributed by atoms with E-state index in [1.807, 2.05) is 24.3 Å². The second-order valence-electron chi connectivity index (χ2n) is 4.77. The second kappa shape index (κ2) is 7.64. The lowest BCUT2D eigenvalue weighted by molar-refractivity contribution is 0.461. The minimum absolute atomic E-state index is 0.287. The summed E-state index contributed by atoms with van der Waals surface area (Å²) in [6.45, 7) is 5.36. The third kappa shape index (κ3) is 4.21. The van der Waals surface area contributed by atoms with Gasteiger partial charge in [0, 0.05) is 15.2 Å². The predicted octanol–water partition coefficient (Wildman–Crippen LogP) is 5.14. The molecule has 2 rings (SSSR count). The Labute approximate surface area is 134 Å². The Balaban J connectivity index is 2.17. The van der Waals surface area contributed by atoms with Gasteiger partial charge in [0.1, 0.15) is 11.5 Å². The Morgan fingerprint density at radius 1 is 1.10 bits per heavy atom. The van der Waals surface area contributed by atoms with Crippen LogP contribution in [0.5, 0.6) is 11.5 Å². The first kappa shape index (κ1) is 15.3. The van der Waals surface area contributed by atoms with E-state index in [4.69, 9.17) is 4.74 Å². The molecule has 1 unspecified atom stereocenters. The highest BCUT2D eigenvalue weighted by molar-refractivity contribution is 14.1. The Morgan fingerprint density at radius 3 is 2.50 bits per heavy atom. The van der Waals surface area contributed by atoms with Crippen molar-refractivity contribution in [3.05, 3.63) is 57.7 Å². The van der Waals surface area contributed by atoms with E-state index in [9.17, 15) is 0 Å². The van der Waals surface area contributed by atoms with Crippen LogP contribution < -0.4 is 10.1 Å². The molecule has 0 spiro atoms. The van der Waals surface area contributed by atoms with Gasteiger partial charge in [-0.2, -0.15) is 0 Å². The van der Waals surface area contributed by atoms with Crippen LogP contribution in [-0.4, -0.2) is 6.54 Å². The van der Waals surface area contributed by atoms with Crippen molar-refractivity contribution in [2.45, 2.75) is 26.3 Å². The number of hydrogen-bond donors (Lipinski definition) is 1. The molecular formula is C17H20INO. The third-order valence-corrected chi connectivity index (χ3v) is 3.85. The van der Waals surface area contributed by atoms with Gasteiger partial charge < -0.3 is 10.1 Å². The van der Waals surface area contributed by atoms with E-state index in [0.717, 1.165) is 24.5 Å². The van der Waals surface area contributed by atoms with E-state index in [0.29, 0.717) is 0 Å². The van der Waals surface area contributed by atoms with Crippen LogP contribution in [0.25, 0.3) is 0 Å². The number of rotatable bonds is 6. The molecule has 2 nitrogen and oxygen atoms in total. The van der Waals surface area contributed by atoms with Gasteiger partial charge in [0.25, 0.3) is 0 Å². The second-order valence-corrected chi connectivity index (χ2v) is 6.02. The fourth-order valence-electron chi connectivity index (χ4n) is 2.03. The van der Waals surface area contributed by atoms with E-state index < -0.39 is 0 Å². The van der Waals surface area contributed by atoms with Crippen LogP contribution in [0.15, 0.2) is 48.5 Å². The van der Waals surface area contributed by atoms with Crippen LogP contribution in [0, 0.1) is 3.57 Å². The first-order chi connectivity index (χ1) is 9.70. The van der Waals surface area contributed by atoms with Crippen LogP contribution >= 0.6 is 22.6 Å². The van der Waals surface area contributed by atoms with Crippen LogP contribution in [-0.2, 0) is 0 Å². The minimum atomic E-state index is 0.287. The molecule has 0 aliphatic heterocycles. The van der Waals surface area contributed by atoms with Gasteiger partial charge >= 0.3 is 0 Å². The third-order valence-electron chi connectivity index (χ3n) is 3.13. The van der Waals surface area contributed by atoms with Crippen LogP contribution in [0.4, 0.5) is 0 Å². The molecule has 20 heavy (non-hydrogen) atoms. The standard InChI is InChI=1S/C17H20INO/c1-3-12-19-13(2)16-6-4-5-7-17(16)20-15-10-8-14(18)9-11-15/h4-11,13,19H,3,12H2,1-2H3. The molecule has 2 aromatic carbocycles. The maximum absolute atomic E-state index is 6.02. The summed E-state index contributed by atoms with van der Waals surface area (Å²) in [7, 11) is 0. The number of ether oxygens (including phenoxy) is 1. The normalized spacial score (nSPS) is 12.2. The summed E-state index contributed by atoms with van der Waals surface area (Å²) in [5.74, 6) is 1.80. The van der Waals surface area contributed by atoms with E-state index in [1.54, 1.807) is 0 Å². The lowest BCUT2D eigenvalue weighted by atomic mass is 10.1. The van der Waals surface area contributed by atoms with Crippen molar-refractivity contribution in [2.24, 2.45) is 0 Å². The molecule has 0 heterocycles. The Hall–Kier alpha value is -1.07. The molecule has 1 atom stereocenters. The Bertz CT molecular complexity index is 539. The highest BCUT2D eigenvalue weighted by Crippen LogP contribution is 2.29. The molecule has 3 heteroatoms. The van der Waals surface area contributed by atoms with Gasteiger partial charge in [0.2, 0.25) is 0 Å². The van der Waals surface area contributed by atoms with E-state index in [2.05, 4.69) is 66.0 Å². The number of hydrogen-bond acceptors (Lipinski definition) is 2. The van der Waals surface area contributed by atoms with E-state index in [1.165, 1.54) is 9.13 Å². The number of para-hydroxylation sites is 1. The van der Waals surface area contributed by atoms with Crippen molar-refractivity contribution in [2.75, 3.05) is 6.54 Å². The predicted molar refractivity (Wildman–Crippen MR) is 92.4 cm³/mol. The van der Waals surface area contributed by atoms with Gasteiger partial charge in [-0.3, -0.25) is 0 Å². The maximum atomic E-state index is 6.02. The molecule has 0 fully saturated rings. The van der Waals surface area contributed by atoms with Crippen molar-refractivity contribution in [1.82, 2.24) is 5.32 Å². The quantitative estimate of drug-likeness (QED) is 0.700. The Morgan fingerprint density at radius 2 is 1.80 bits per heavy atom. The molecule has 0 radical (unpaired) electrons. The number of benzene rings is 2. The molecule has 0 aliphatic rings. The minimum Gasteiger partial charge on any atom is -0.457 e. The van der Waals surface area contributed by atoms with E-state index in [-0.39, 0.29) is 6.04 Å². The number of halogens is 1. The first-order valence-corrected chi connectivity index (χ1v) is 8.04. The van der Waals surface area contributed by atoms with Gasteiger partial charge in [-0.1, -0.05) is 25.1 Å². The van der Waals surface area contributed by atoms with Gasteiger partial charge in [-0.15, -0.1) is 0 Å². The molecule has 106 valence electrons. The monoisotopic (exact) mass is 381 g/mol. The summed E-state index contributed by atoms with van der Waals surface area (Å²) in [6.07, 6.45) is 1.13. The van der Waals surface area contributed by atoms with Crippen molar-refractivity contribution in [3.63, 3.8) is 0 Å². The Kier molecular flexibility index (Phi) is 5.86. The fourth-order valence-corrected chi connectivity index (χ4v) is 2.39. The topological polar surface area (TPSA) is 21.3 Å². The van der Waals surface area contributed by atoms with Crippen LogP contribution in [0.2, 0.25) is 0 Å². The van der Waals surface area contributed by atoms with Crippen molar-refractivity contribution in [1.29, 1.82) is 0 Å². The average Bonchev–Trinajstić information content (AvgIpc) is 2.48. The van der Waals surface area contributed by atoms with Crippen LogP contribution in [0.1, 0.15) is 31.9 Å². The molecule has 0 aliphatic carbocycles. The largest absolute Gasteiger partial charge is 0.457 e. The van der Waals surface area contributed by atoms with Gasteiger partial charge in [0.05, 0.1) is 0 Å². The molecule has 0 saturated carbocycles. The molecule has 0 saturated heterocycles. The lowest BCUT2D eigenvalue weighted by Gasteiger charge is -2.18. The smallest absolute Gasteiger partial charge is 0.132 e. The molecule has 1 N–H and O–H groups in total. The molecule has 2 aromatic rings. The summed E-state index contributed by atoms with van der Waals surface area (Å²) in [6, 6.07) is 16.6. The lowest BCUT2D eigenvalue weighted by Crippen LogP contribution is -2.19. The number of nitrogens with one attached hydrogen (secondary N) is 1. The molecular weight excluding hydrogens is 361 g/mol. The molecule has 0 amide bonds. The van der Waals surface area contributed by atoms with Gasteiger partial charge in [-0.25, -0.2) is 0 Å². The zero-order chi connectivity index (χ0) is 14.4. The zero-order valence-electron chi connectivity index (χ0n) is 11.9. The van der Waals surface area contributed by atoms with Crippen molar-refractivity contribution in [3.8, 4) is 11.5 Å². The summed E-state index contributed by atoms with van der Waals surface area (Å²) < 4.78 is 7.23. The zero-order valence-corrected chi connectivity index (χ0v) is 14.1. The highest BCUT2D eigenvalue weighted by Gasteiger charge is 2.11. The van der Waals surface area contributed by atoms with Gasteiger partial charge in [0.15, 0.2) is 0 Å². The average molecular weight is 381 g/mol. The maximum Gasteiger partial charge on any atom is 0.132 e. The highest BCUT2D eigenvalue weighted by atomic mass is 127.